The molecule has 0 N–H and O–H groups in total. The highest BCUT2D eigenvalue weighted by atomic mass is 16.5. The summed E-state index contributed by atoms with van der Waals surface area (Å²) in [4.78, 5) is 0. The lowest BCUT2D eigenvalue weighted by atomic mass is 10.0. The maximum atomic E-state index is 5.31. The van der Waals surface area contributed by atoms with E-state index >= 15 is 0 Å². The minimum Gasteiger partial charge on any atom is -0.382 e. The molecule has 0 aliphatic rings. The smallest absolute Gasteiger partial charge is 0.0465 e. The van der Waals surface area contributed by atoms with E-state index in [9.17, 15) is 0 Å². The van der Waals surface area contributed by atoms with Crippen molar-refractivity contribution in [2.45, 2.75) is 39.5 Å². The molecule has 84 valence electrons. The van der Waals surface area contributed by atoms with E-state index in [0.29, 0.717) is 0 Å². The van der Waals surface area contributed by atoms with Crippen molar-refractivity contribution >= 4 is 0 Å². The van der Waals surface area contributed by atoms with Gasteiger partial charge in [0.25, 0.3) is 0 Å². The van der Waals surface area contributed by atoms with Gasteiger partial charge in [-0.25, -0.2) is 0 Å². The zero-order valence-corrected chi connectivity index (χ0v) is 9.96. The van der Waals surface area contributed by atoms with Crippen molar-refractivity contribution in [1.29, 1.82) is 0 Å². The van der Waals surface area contributed by atoms with E-state index in [1.165, 1.54) is 36.8 Å². The fourth-order valence-electron chi connectivity index (χ4n) is 1.73. The first-order chi connectivity index (χ1) is 7.34. The predicted octanol–water partition coefficient (Wildman–Crippen LogP) is 3.74. The van der Waals surface area contributed by atoms with Gasteiger partial charge in [0, 0.05) is 13.2 Å². The third-order valence-corrected chi connectivity index (χ3v) is 2.70. The molecule has 0 heterocycles. The third-order valence-electron chi connectivity index (χ3n) is 2.70. The highest BCUT2D eigenvalue weighted by Gasteiger charge is 1.96. The van der Waals surface area contributed by atoms with Crippen molar-refractivity contribution in [2.24, 2.45) is 0 Å². The molecule has 0 unspecified atom stereocenters. The summed E-state index contributed by atoms with van der Waals surface area (Å²) in [7, 11) is 0. The molecule has 0 atom stereocenters. The molecule has 1 nitrogen and oxygen atoms in total. The number of benzene rings is 1. The average molecular weight is 206 g/mol. The van der Waals surface area contributed by atoms with Crippen molar-refractivity contribution in [3.63, 3.8) is 0 Å². The van der Waals surface area contributed by atoms with E-state index in [2.05, 4.69) is 31.2 Å². The van der Waals surface area contributed by atoms with Crippen LogP contribution in [0.15, 0.2) is 24.3 Å². The second kappa shape index (κ2) is 7.47. The second-order valence-electron chi connectivity index (χ2n) is 3.93. The molecule has 1 aromatic rings. The molecule has 0 aromatic heterocycles. The maximum Gasteiger partial charge on any atom is 0.0465 e. The summed E-state index contributed by atoms with van der Waals surface area (Å²) in [6, 6.07) is 8.66. The van der Waals surface area contributed by atoms with Gasteiger partial charge in [0.1, 0.15) is 0 Å². The van der Waals surface area contributed by atoms with E-state index in [-0.39, 0.29) is 0 Å². The largest absolute Gasteiger partial charge is 0.382 e. The molecular weight excluding hydrogens is 184 g/mol. The van der Waals surface area contributed by atoms with Crippen LogP contribution >= 0.6 is 0 Å². The van der Waals surface area contributed by atoms with Gasteiger partial charge in [-0.15, -0.1) is 0 Å². The molecule has 1 heteroatoms. The lowest BCUT2D eigenvalue weighted by molar-refractivity contribution is 0.143. The van der Waals surface area contributed by atoms with Crippen LogP contribution in [0.2, 0.25) is 0 Å². The molecule has 15 heavy (non-hydrogen) atoms. The number of hydrogen-bond donors (Lipinski definition) is 0. The van der Waals surface area contributed by atoms with Crippen molar-refractivity contribution < 1.29 is 4.74 Å². The van der Waals surface area contributed by atoms with Gasteiger partial charge in [0.05, 0.1) is 0 Å². The first-order valence-electron chi connectivity index (χ1n) is 5.97. The molecule has 0 aliphatic heterocycles. The lowest BCUT2D eigenvalue weighted by Crippen LogP contribution is -1.94. The van der Waals surface area contributed by atoms with Crippen LogP contribution in [0, 0.1) is 6.92 Å². The predicted molar refractivity (Wildman–Crippen MR) is 65.2 cm³/mol. The Morgan fingerprint density at radius 3 is 2.60 bits per heavy atom. The average Bonchev–Trinajstić information content (AvgIpc) is 2.25. The van der Waals surface area contributed by atoms with E-state index in [4.69, 9.17) is 4.74 Å². The highest BCUT2D eigenvalue weighted by Crippen LogP contribution is 2.11. The molecule has 1 rings (SSSR count). The van der Waals surface area contributed by atoms with Crippen LogP contribution in [-0.4, -0.2) is 13.2 Å². The van der Waals surface area contributed by atoms with Crippen LogP contribution in [0.4, 0.5) is 0 Å². The Bertz CT molecular complexity index is 268. The standard InChI is InChI=1S/C14H22O/c1-3-15-12-8-4-5-10-14-11-7-6-9-13(14)2/h6-7,9,11H,3-5,8,10,12H2,1-2H3. The van der Waals surface area contributed by atoms with Crippen LogP contribution in [0.5, 0.6) is 0 Å². The van der Waals surface area contributed by atoms with Crippen LogP contribution < -0.4 is 0 Å². The quantitative estimate of drug-likeness (QED) is 0.617. The van der Waals surface area contributed by atoms with Crippen molar-refractivity contribution in [3.8, 4) is 0 Å². The second-order valence-corrected chi connectivity index (χ2v) is 3.93. The summed E-state index contributed by atoms with van der Waals surface area (Å²) in [6.07, 6.45) is 4.95. The van der Waals surface area contributed by atoms with Gasteiger partial charge in [0.2, 0.25) is 0 Å². The van der Waals surface area contributed by atoms with E-state index in [1.54, 1.807) is 0 Å². The Hall–Kier alpha value is -0.820. The van der Waals surface area contributed by atoms with E-state index in [0.717, 1.165) is 13.2 Å². The summed E-state index contributed by atoms with van der Waals surface area (Å²) in [5.41, 5.74) is 2.91. The Balaban J connectivity index is 2.12. The fourth-order valence-corrected chi connectivity index (χ4v) is 1.73. The molecule has 0 bridgehead atoms. The zero-order chi connectivity index (χ0) is 10.9. The molecule has 0 saturated carbocycles. The Labute approximate surface area is 93.5 Å². The maximum absolute atomic E-state index is 5.31. The molecule has 0 aliphatic carbocycles. The summed E-state index contributed by atoms with van der Waals surface area (Å²) >= 11 is 0. The summed E-state index contributed by atoms with van der Waals surface area (Å²) < 4.78 is 5.31. The van der Waals surface area contributed by atoms with E-state index < -0.39 is 0 Å². The summed E-state index contributed by atoms with van der Waals surface area (Å²) in [5.74, 6) is 0. The third kappa shape index (κ3) is 4.98. The number of unbranched alkanes of at least 4 members (excludes halogenated alkanes) is 2. The molecule has 0 radical (unpaired) electrons. The van der Waals surface area contributed by atoms with E-state index in [1.807, 2.05) is 6.92 Å². The Morgan fingerprint density at radius 2 is 1.87 bits per heavy atom. The molecule has 0 spiro atoms. The van der Waals surface area contributed by atoms with Crippen LogP contribution in [0.3, 0.4) is 0 Å². The van der Waals surface area contributed by atoms with Gasteiger partial charge in [-0.05, 0) is 44.2 Å². The summed E-state index contributed by atoms with van der Waals surface area (Å²) in [5, 5.41) is 0. The lowest BCUT2D eigenvalue weighted by Gasteiger charge is -2.05. The topological polar surface area (TPSA) is 9.23 Å². The van der Waals surface area contributed by atoms with Gasteiger partial charge in [-0.2, -0.15) is 0 Å². The molecule has 0 amide bonds. The first kappa shape index (κ1) is 12.3. The molecule has 0 fully saturated rings. The molecule has 0 saturated heterocycles. The SMILES string of the molecule is CCOCCCCCc1ccccc1C. The first-order valence-corrected chi connectivity index (χ1v) is 5.97. The molecular formula is C14H22O. The fraction of sp³-hybridized carbons (Fsp3) is 0.571. The number of rotatable bonds is 7. The monoisotopic (exact) mass is 206 g/mol. The minimum atomic E-state index is 0.845. The van der Waals surface area contributed by atoms with Gasteiger partial charge in [-0.1, -0.05) is 30.7 Å². The highest BCUT2D eigenvalue weighted by molar-refractivity contribution is 5.25. The van der Waals surface area contributed by atoms with Crippen LogP contribution in [-0.2, 0) is 11.2 Å². The number of hydrogen-bond acceptors (Lipinski definition) is 1. The van der Waals surface area contributed by atoms with Crippen LogP contribution in [0.1, 0.15) is 37.3 Å². The summed E-state index contributed by atoms with van der Waals surface area (Å²) in [6.45, 7) is 6.00. The van der Waals surface area contributed by atoms with Gasteiger partial charge in [-0.3, -0.25) is 0 Å². The normalized spacial score (nSPS) is 10.5. The van der Waals surface area contributed by atoms with Gasteiger partial charge >= 0.3 is 0 Å². The number of aryl methyl sites for hydroxylation is 2. The van der Waals surface area contributed by atoms with Gasteiger partial charge < -0.3 is 4.74 Å². The Morgan fingerprint density at radius 1 is 1.07 bits per heavy atom. The van der Waals surface area contributed by atoms with Crippen LogP contribution in [0.25, 0.3) is 0 Å². The van der Waals surface area contributed by atoms with Gasteiger partial charge in [0.15, 0.2) is 0 Å². The molecule has 1 aromatic carbocycles. The Kier molecular flexibility index (Phi) is 6.10. The van der Waals surface area contributed by atoms with Crippen molar-refractivity contribution in [1.82, 2.24) is 0 Å². The zero-order valence-electron chi connectivity index (χ0n) is 9.96. The number of ether oxygens (including phenoxy) is 1. The minimum absolute atomic E-state index is 0.845. The van der Waals surface area contributed by atoms with Crippen molar-refractivity contribution in [3.05, 3.63) is 35.4 Å². The van der Waals surface area contributed by atoms with Crippen molar-refractivity contribution in [2.75, 3.05) is 13.2 Å².